The molecule has 1 aromatic carbocycles. The zero-order valence-corrected chi connectivity index (χ0v) is 12.0. The predicted octanol–water partition coefficient (Wildman–Crippen LogP) is 1.23. The molecule has 8 nitrogen and oxygen atoms in total. The van der Waals surface area contributed by atoms with Crippen LogP contribution in [0.25, 0.3) is 11.1 Å². The van der Waals surface area contributed by atoms with Crippen molar-refractivity contribution < 1.29 is 17.4 Å². The van der Waals surface area contributed by atoms with E-state index in [1.165, 1.54) is 35.9 Å². The molecule has 0 aliphatic heterocycles. The minimum atomic E-state index is -3.83. The predicted molar refractivity (Wildman–Crippen MR) is 73.5 cm³/mol. The Morgan fingerprint density at radius 2 is 2.05 bits per heavy atom. The first kappa shape index (κ1) is 13.4. The molecular formula is C12H11N3O5S. The molecule has 0 saturated heterocycles. The van der Waals surface area contributed by atoms with Gasteiger partial charge in [-0.15, -0.1) is 0 Å². The third-order valence-corrected chi connectivity index (χ3v) is 4.29. The fourth-order valence-corrected chi connectivity index (χ4v) is 2.89. The smallest absolute Gasteiger partial charge is 0.408 e. The highest BCUT2D eigenvalue weighted by Crippen LogP contribution is 2.20. The number of hydrogen-bond donors (Lipinski definition) is 1. The van der Waals surface area contributed by atoms with Crippen LogP contribution in [0.2, 0.25) is 0 Å². The highest BCUT2D eigenvalue weighted by molar-refractivity contribution is 7.92. The first-order valence-corrected chi connectivity index (χ1v) is 7.41. The van der Waals surface area contributed by atoms with Gasteiger partial charge in [0.25, 0.3) is 10.0 Å². The maximum Gasteiger partial charge on any atom is 0.419 e. The molecule has 0 spiro atoms. The first-order chi connectivity index (χ1) is 9.87. The Bertz CT molecular complexity index is 980. The lowest BCUT2D eigenvalue weighted by molar-refractivity contribution is 0.400. The van der Waals surface area contributed by atoms with Crippen molar-refractivity contribution in [2.45, 2.75) is 11.8 Å². The maximum absolute atomic E-state index is 12.3. The number of benzene rings is 1. The number of sulfonamides is 1. The van der Waals surface area contributed by atoms with E-state index in [0.29, 0.717) is 16.9 Å². The fraction of sp³-hybridized carbons (Fsp3) is 0.167. The second-order valence-electron chi connectivity index (χ2n) is 4.48. The van der Waals surface area contributed by atoms with Crippen molar-refractivity contribution in [3.05, 3.63) is 40.6 Å². The topological polar surface area (TPSA) is 107 Å². The van der Waals surface area contributed by atoms with E-state index in [1.54, 1.807) is 6.92 Å². The van der Waals surface area contributed by atoms with Gasteiger partial charge < -0.3 is 8.94 Å². The molecule has 0 amide bonds. The summed E-state index contributed by atoms with van der Waals surface area (Å²) in [5.41, 5.74) is 0.706. The normalized spacial score (nSPS) is 11.9. The molecule has 0 bridgehead atoms. The van der Waals surface area contributed by atoms with Crippen molar-refractivity contribution in [2.75, 3.05) is 4.72 Å². The molecule has 0 saturated carbocycles. The number of rotatable bonds is 3. The Balaban J connectivity index is 2.06. The summed E-state index contributed by atoms with van der Waals surface area (Å²) in [5.74, 6) is 0.0219. The van der Waals surface area contributed by atoms with Crippen molar-refractivity contribution in [3.8, 4) is 0 Å². The standard InChI is InChI=1S/C12H11N3O5S/c1-7-5-11(13-20-7)14-21(17,18)8-3-4-10-9(6-8)15(2)12(16)19-10/h3-6H,1-2H3,(H,13,14). The van der Waals surface area contributed by atoms with E-state index in [1.807, 2.05) is 0 Å². The molecular weight excluding hydrogens is 298 g/mol. The van der Waals surface area contributed by atoms with E-state index >= 15 is 0 Å². The third kappa shape index (κ3) is 2.31. The summed E-state index contributed by atoms with van der Waals surface area (Å²) in [5, 5.41) is 3.57. The molecule has 0 aliphatic carbocycles. The first-order valence-electron chi connectivity index (χ1n) is 5.92. The summed E-state index contributed by atoms with van der Waals surface area (Å²) < 4.78 is 37.8. The molecule has 2 aromatic heterocycles. The third-order valence-electron chi connectivity index (χ3n) is 2.94. The number of anilines is 1. The number of fused-ring (bicyclic) bond motifs is 1. The van der Waals surface area contributed by atoms with Crippen LogP contribution >= 0.6 is 0 Å². The highest BCUT2D eigenvalue weighted by atomic mass is 32.2. The molecule has 3 rings (SSSR count). The van der Waals surface area contributed by atoms with Crippen LogP contribution in [0, 0.1) is 6.92 Å². The summed E-state index contributed by atoms with van der Waals surface area (Å²) in [6, 6.07) is 5.60. The van der Waals surface area contributed by atoms with Gasteiger partial charge in [0.15, 0.2) is 11.4 Å². The second-order valence-corrected chi connectivity index (χ2v) is 6.17. The monoisotopic (exact) mass is 309 g/mol. The van der Waals surface area contributed by atoms with E-state index in [0.717, 1.165) is 0 Å². The molecule has 1 N–H and O–H groups in total. The Labute approximate surface area is 119 Å². The van der Waals surface area contributed by atoms with Crippen LogP contribution in [0.5, 0.6) is 0 Å². The van der Waals surface area contributed by atoms with Crippen LogP contribution < -0.4 is 10.5 Å². The molecule has 0 radical (unpaired) electrons. The minimum Gasteiger partial charge on any atom is -0.408 e. The van der Waals surface area contributed by atoms with Crippen molar-refractivity contribution >= 4 is 26.9 Å². The van der Waals surface area contributed by atoms with Gasteiger partial charge in [-0.3, -0.25) is 9.29 Å². The lowest BCUT2D eigenvalue weighted by Crippen LogP contribution is -2.13. The average Bonchev–Trinajstić information content (AvgIpc) is 2.94. The van der Waals surface area contributed by atoms with Gasteiger partial charge >= 0.3 is 5.76 Å². The van der Waals surface area contributed by atoms with Gasteiger partial charge in [-0.25, -0.2) is 13.2 Å². The van der Waals surface area contributed by atoms with Crippen LogP contribution in [0.1, 0.15) is 5.76 Å². The lowest BCUT2D eigenvalue weighted by atomic mass is 10.3. The maximum atomic E-state index is 12.3. The van der Waals surface area contributed by atoms with Gasteiger partial charge in [-0.2, -0.15) is 0 Å². The zero-order valence-electron chi connectivity index (χ0n) is 11.2. The van der Waals surface area contributed by atoms with Gasteiger partial charge in [-0.05, 0) is 25.1 Å². The number of aromatic nitrogens is 2. The molecule has 0 unspecified atom stereocenters. The number of aryl methyl sites for hydroxylation is 2. The number of hydrogen-bond acceptors (Lipinski definition) is 6. The quantitative estimate of drug-likeness (QED) is 0.779. The highest BCUT2D eigenvalue weighted by Gasteiger charge is 2.18. The average molecular weight is 309 g/mol. The van der Waals surface area contributed by atoms with Crippen LogP contribution in [0.4, 0.5) is 5.82 Å². The molecule has 0 aliphatic rings. The molecule has 110 valence electrons. The fourth-order valence-electron chi connectivity index (χ4n) is 1.88. The van der Waals surface area contributed by atoms with Crippen molar-refractivity contribution in [3.63, 3.8) is 0 Å². The van der Waals surface area contributed by atoms with E-state index in [9.17, 15) is 13.2 Å². The second kappa shape index (κ2) is 4.48. The van der Waals surface area contributed by atoms with Gasteiger partial charge in [0.05, 0.1) is 10.4 Å². The molecule has 0 fully saturated rings. The Kier molecular flexibility index (Phi) is 2.87. The zero-order chi connectivity index (χ0) is 15.2. The van der Waals surface area contributed by atoms with E-state index < -0.39 is 15.8 Å². The van der Waals surface area contributed by atoms with Crippen molar-refractivity contribution in [1.82, 2.24) is 9.72 Å². The summed E-state index contributed by atoms with van der Waals surface area (Å²) in [6.07, 6.45) is 0. The molecule has 2 heterocycles. The van der Waals surface area contributed by atoms with Crippen LogP contribution in [0.3, 0.4) is 0 Å². The molecule has 3 aromatic rings. The van der Waals surface area contributed by atoms with E-state index in [2.05, 4.69) is 9.88 Å². The minimum absolute atomic E-state index is 0.00736. The molecule has 9 heteroatoms. The van der Waals surface area contributed by atoms with Crippen molar-refractivity contribution in [2.24, 2.45) is 7.05 Å². The van der Waals surface area contributed by atoms with Crippen LogP contribution in [-0.4, -0.2) is 18.1 Å². The Morgan fingerprint density at radius 1 is 1.29 bits per heavy atom. The largest absolute Gasteiger partial charge is 0.419 e. The summed E-state index contributed by atoms with van der Waals surface area (Å²) in [6.45, 7) is 1.65. The van der Waals surface area contributed by atoms with Crippen LogP contribution in [-0.2, 0) is 17.1 Å². The summed E-state index contributed by atoms with van der Waals surface area (Å²) >= 11 is 0. The number of nitrogens with one attached hydrogen (secondary N) is 1. The van der Waals surface area contributed by atoms with Gasteiger partial charge in [0.2, 0.25) is 0 Å². The van der Waals surface area contributed by atoms with Crippen LogP contribution in [0.15, 0.2) is 42.9 Å². The Hall–Kier alpha value is -2.55. The van der Waals surface area contributed by atoms with Crippen molar-refractivity contribution in [1.29, 1.82) is 0 Å². The van der Waals surface area contributed by atoms with Gasteiger partial charge in [0, 0.05) is 13.1 Å². The van der Waals surface area contributed by atoms with E-state index in [-0.39, 0.29) is 10.7 Å². The summed E-state index contributed by atoms with van der Waals surface area (Å²) in [4.78, 5) is 11.4. The van der Waals surface area contributed by atoms with E-state index in [4.69, 9.17) is 8.94 Å². The number of oxazole rings is 1. The molecule has 0 atom stereocenters. The lowest BCUT2D eigenvalue weighted by Gasteiger charge is -2.04. The Morgan fingerprint density at radius 3 is 2.71 bits per heavy atom. The SMILES string of the molecule is Cc1cc(NS(=O)(=O)c2ccc3oc(=O)n(C)c3c2)no1. The number of nitrogens with zero attached hydrogens (tertiary/aromatic N) is 2. The summed E-state index contributed by atoms with van der Waals surface area (Å²) in [7, 11) is -2.33. The van der Waals surface area contributed by atoms with Gasteiger partial charge in [0.1, 0.15) is 5.76 Å². The van der Waals surface area contributed by atoms with Gasteiger partial charge in [-0.1, -0.05) is 5.16 Å². The molecule has 21 heavy (non-hydrogen) atoms.